The Kier molecular flexibility index (Phi) is 3.26. The Bertz CT molecular complexity index is 200. The minimum atomic E-state index is -0.261. The van der Waals surface area contributed by atoms with Gasteiger partial charge in [0.15, 0.2) is 0 Å². The average molecular weight is 235 g/mol. The first-order valence-electron chi connectivity index (χ1n) is 3.89. The van der Waals surface area contributed by atoms with E-state index in [9.17, 15) is 9.59 Å². The highest BCUT2D eigenvalue weighted by Gasteiger charge is 2.31. The summed E-state index contributed by atoms with van der Waals surface area (Å²) in [5, 5.41) is 0. The molecule has 0 aromatic carbocycles. The Morgan fingerprint density at radius 3 is 2.75 bits per heavy atom. The minimum Gasteiger partial charge on any atom is -0.469 e. The maximum Gasteiger partial charge on any atom is 0.309 e. The molecule has 12 heavy (non-hydrogen) atoms. The van der Waals surface area contributed by atoms with E-state index in [1.165, 1.54) is 7.11 Å². The predicted octanol–water partition coefficient (Wildman–Crippen LogP) is 1.29. The van der Waals surface area contributed by atoms with Gasteiger partial charge < -0.3 is 4.74 Å². The van der Waals surface area contributed by atoms with E-state index in [4.69, 9.17) is 0 Å². The molecule has 0 saturated heterocycles. The molecule has 3 nitrogen and oxygen atoms in total. The summed E-state index contributed by atoms with van der Waals surface area (Å²) in [5.74, 6) is -0.365. The molecule has 1 rings (SSSR count). The molecule has 0 aromatic rings. The Morgan fingerprint density at radius 2 is 2.25 bits per heavy atom. The number of carbonyl (C=O) groups excluding carboxylic acids is 2. The SMILES string of the molecule is COC(=O)C1CCC(Br)C(=O)C1. The number of halogens is 1. The van der Waals surface area contributed by atoms with Gasteiger partial charge in [-0.15, -0.1) is 0 Å². The molecule has 2 unspecified atom stereocenters. The van der Waals surface area contributed by atoms with E-state index in [1.807, 2.05) is 0 Å². The van der Waals surface area contributed by atoms with E-state index in [-0.39, 0.29) is 22.5 Å². The minimum absolute atomic E-state index is 0.0570. The van der Waals surface area contributed by atoms with Gasteiger partial charge in [-0.05, 0) is 12.8 Å². The zero-order valence-corrected chi connectivity index (χ0v) is 8.46. The second-order valence-electron chi connectivity index (χ2n) is 2.94. The van der Waals surface area contributed by atoms with Crippen LogP contribution in [0.5, 0.6) is 0 Å². The first-order valence-corrected chi connectivity index (χ1v) is 4.81. The molecule has 0 amide bonds. The molecule has 1 fully saturated rings. The molecular formula is C8H11BrO3. The molecule has 1 aliphatic carbocycles. The Labute approximate surface area is 79.6 Å². The highest BCUT2D eigenvalue weighted by Crippen LogP contribution is 2.26. The smallest absolute Gasteiger partial charge is 0.309 e. The van der Waals surface area contributed by atoms with Crippen molar-refractivity contribution in [3.8, 4) is 0 Å². The van der Waals surface area contributed by atoms with Crippen molar-refractivity contribution in [3.05, 3.63) is 0 Å². The fourth-order valence-corrected chi connectivity index (χ4v) is 1.80. The van der Waals surface area contributed by atoms with Crippen LogP contribution in [-0.4, -0.2) is 23.7 Å². The number of hydrogen-bond donors (Lipinski definition) is 0. The van der Waals surface area contributed by atoms with Gasteiger partial charge in [-0.25, -0.2) is 0 Å². The number of rotatable bonds is 1. The summed E-state index contributed by atoms with van der Waals surface area (Å²) >= 11 is 3.25. The predicted molar refractivity (Wildman–Crippen MR) is 47.1 cm³/mol. The lowest BCUT2D eigenvalue weighted by Gasteiger charge is -2.21. The van der Waals surface area contributed by atoms with Crippen molar-refractivity contribution in [2.45, 2.75) is 24.1 Å². The van der Waals surface area contributed by atoms with Crippen LogP contribution in [-0.2, 0) is 14.3 Å². The van der Waals surface area contributed by atoms with Gasteiger partial charge in [-0.1, -0.05) is 15.9 Å². The molecule has 2 atom stereocenters. The Hall–Kier alpha value is -0.380. The third kappa shape index (κ3) is 2.06. The molecule has 68 valence electrons. The summed E-state index contributed by atoms with van der Waals surface area (Å²) in [6.45, 7) is 0. The lowest BCUT2D eigenvalue weighted by molar-refractivity contribution is -0.148. The van der Waals surface area contributed by atoms with Crippen molar-refractivity contribution in [2.24, 2.45) is 5.92 Å². The molecule has 0 aliphatic heterocycles. The van der Waals surface area contributed by atoms with Gasteiger partial charge in [-0.3, -0.25) is 9.59 Å². The van der Waals surface area contributed by atoms with E-state index in [0.29, 0.717) is 6.42 Å². The third-order valence-corrected chi connectivity index (χ3v) is 3.07. The number of esters is 1. The van der Waals surface area contributed by atoms with Crippen LogP contribution in [0.25, 0.3) is 0 Å². The van der Waals surface area contributed by atoms with Crippen LogP contribution in [0.2, 0.25) is 0 Å². The third-order valence-electron chi connectivity index (χ3n) is 2.10. The standard InChI is InChI=1S/C8H11BrO3/c1-12-8(11)5-2-3-6(9)7(10)4-5/h5-6H,2-4H2,1H3. The van der Waals surface area contributed by atoms with Gasteiger partial charge in [0.1, 0.15) is 5.78 Å². The highest BCUT2D eigenvalue weighted by atomic mass is 79.9. The van der Waals surface area contributed by atoms with Crippen molar-refractivity contribution < 1.29 is 14.3 Å². The Morgan fingerprint density at radius 1 is 1.58 bits per heavy atom. The first-order chi connectivity index (χ1) is 5.65. The topological polar surface area (TPSA) is 43.4 Å². The van der Waals surface area contributed by atoms with Gasteiger partial charge >= 0.3 is 5.97 Å². The fourth-order valence-electron chi connectivity index (χ4n) is 1.35. The van der Waals surface area contributed by atoms with Crippen molar-refractivity contribution in [1.29, 1.82) is 0 Å². The average Bonchev–Trinajstić information content (AvgIpc) is 2.08. The van der Waals surface area contributed by atoms with Crippen molar-refractivity contribution in [3.63, 3.8) is 0 Å². The van der Waals surface area contributed by atoms with Crippen molar-refractivity contribution in [1.82, 2.24) is 0 Å². The number of hydrogen-bond acceptors (Lipinski definition) is 3. The van der Waals surface area contributed by atoms with Gasteiger partial charge in [-0.2, -0.15) is 0 Å². The second kappa shape index (κ2) is 4.03. The van der Waals surface area contributed by atoms with Crippen LogP contribution in [0, 0.1) is 5.92 Å². The lowest BCUT2D eigenvalue weighted by Crippen LogP contribution is -2.30. The largest absolute Gasteiger partial charge is 0.469 e. The molecule has 4 heteroatoms. The summed E-state index contributed by atoms with van der Waals surface area (Å²) in [6, 6.07) is 0. The Balaban J connectivity index is 2.51. The van der Waals surface area contributed by atoms with Gasteiger partial charge in [0.2, 0.25) is 0 Å². The molecule has 0 N–H and O–H groups in total. The van der Waals surface area contributed by atoms with Crippen LogP contribution in [0.15, 0.2) is 0 Å². The zero-order valence-electron chi connectivity index (χ0n) is 6.88. The quantitative estimate of drug-likeness (QED) is 0.508. The molecule has 0 bridgehead atoms. The van der Waals surface area contributed by atoms with Crippen LogP contribution in [0.4, 0.5) is 0 Å². The highest BCUT2D eigenvalue weighted by molar-refractivity contribution is 9.10. The van der Waals surface area contributed by atoms with Crippen LogP contribution in [0.3, 0.4) is 0 Å². The van der Waals surface area contributed by atoms with E-state index in [2.05, 4.69) is 20.7 Å². The number of alkyl halides is 1. The van der Waals surface area contributed by atoms with E-state index < -0.39 is 0 Å². The number of carbonyl (C=O) groups is 2. The van der Waals surface area contributed by atoms with Crippen LogP contribution >= 0.6 is 15.9 Å². The number of methoxy groups -OCH3 is 1. The number of Topliss-reactive ketones (excluding diaryl/α,β-unsaturated/α-hetero) is 1. The molecular weight excluding hydrogens is 224 g/mol. The fraction of sp³-hybridized carbons (Fsp3) is 0.750. The van der Waals surface area contributed by atoms with Gasteiger partial charge in [0, 0.05) is 6.42 Å². The summed E-state index contributed by atoms with van der Waals surface area (Å²) in [5.41, 5.74) is 0. The van der Waals surface area contributed by atoms with Gasteiger partial charge in [0.05, 0.1) is 17.9 Å². The summed E-state index contributed by atoms with van der Waals surface area (Å²) in [4.78, 5) is 22.1. The molecule has 0 aromatic heterocycles. The molecule has 0 spiro atoms. The van der Waals surface area contributed by atoms with E-state index >= 15 is 0 Å². The number of ketones is 1. The maximum absolute atomic E-state index is 11.2. The van der Waals surface area contributed by atoms with Crippen molar-refractivity contribution in [2.75, 3.05) is 7.11 Å². The summed E-state index contributed by atoms with van der Waals surface area (Å²) in [7, 11) is 1.35. The monoisotopic (exact) mass is 234 g/mol. The normalized spacial score (nSPS) is 30.0. The zero-order chi connectivity index (χ0) is 9.14. The lowest BCUT2D eigenvalue weighted by atomic mass is 9.88. The van der Waals surface area contributed by atoms with Gasteiger partial charge in [0.25, 0.3) is 0 Å². The maximum atomic E-state index is 11.2. The summed E-state index contributed by atoms with van der Waals surface area (Å²) in [6.07, 6.45) is 1.80. The summed E-state index contributed by atoms with van der Waals surface area (Å²) < 4.78 is 4.57. The first kappa shape index (κ1) is 9.71. The molecule has 1 saturated carbocycles. The molecule has 0 radical (unpaired) electrons. The number of ether oxygens (including phenoxy) is 1. The van der Waals surface area contributed by atoms with Crippen LogP contribution < -0.4 is 0 Å². The van der Waals surface area contributed by atoms with E-state index in [1.54, 1.807) is 0 Å². The molecule has 1 aliphatic rings. The van der Waals surface area contributed by atoms with E-state index in [0.717, 1.165) is 12.8 Å². The molecule has 0 heterocycles. The van der Waals surface area contributed by atoms with Crippen LogP contribution in [0.1, 0.15) is 19.3 Å². The second-order valence-corrected chi connectivity index (χ2v) is 4.04. The van der Waals surface area contributed by atoms with Crippen molar-refractivity contribution >= 4 is 27.7 Å².